The van der Waals surface area contributed by atoms with Crippen molar-refractivity contribution in [2.45, 2.75) is 12.5 Å². The summed E-state index contributed by atoms with van der Waals surface area (Å²) >= 11 is 0. The number of benzene rings is 3. The van der Waals surface area contributed by atoms with Gasteiger partial charge >= 0.3 is 0 Å². The summed E-state index contributed by atoms with van der Waals surface area (Å²) in [5, 5.41) is 0. The summed E-state index contributed by atoms with van der Waals surface area (Å²) in [4.78, 5) is 2.40. The Morgan fingerprint density at radius 1 is 0.885 bits per heavy atom. The van der Waals surface area contributed by atoms with Gasteiger partial charge < -0.3 is 9.64 Å². The van der Waals surface area contributed by atoms with Crippen LogP contribution in [0.4, 0.5) is 5.69 Å². The van der Waals surface area contributed by atoms with Crippen LogP contribution in [0.2, 0.25) is 0 Å². The number of hydrogen-bond acceptors (Lipinski definition) is 2. The number of ether oxygens (including phenoxy) is 1. The minimum atomic E-state index is 0.0597. The summed E-state index contributed by atoms with van der Waals surface area (Å²) in [6.45, 7) is 0.975. The van der Waals surface area contributed by atoms with Gasteiger partial charge in [-0.15, -0.1) is 0 Å². The van der Waals surface area contributed by atoms with Crippen LogP contribution in [-0.2, 0) is 6.42 Å². The van der Waals surface area contributed by atoms with Gasteiger partial charge in [-0.1, -0.05) is 54.3 Å². The highest BCUT2D eigenvalue weighted by molar-refractivity contribution is 5.56. The van der Waals surface area contributed by atoms with E-state index in [9.17, 15) is 0 Å². The second-order valence-electron chi connectivity index (χ2n) is 6.38. The summed E-state index contributed by atoms with van der Waals surface area (Å²) < 4.78 is 5.23. The SMILES string of the molecule is COc1ccc(C#C[C@H]2c3ccccc3CCN2c2ccccc2)cc1. The van der Waals surface area contributed by atoms with E-state index in [0.717, 1.165) is 24.3 Å². The van der Waals surface area contributed by atoms with Gasteiger partial charge in [0.05, 0.1) is 7.11 Å². The van der Waals surface area contributed by atoms with Crippen LogP contribution >= 0.6 is 0 Å². The maximum Gasteiger partial charge on any atom is 0.118 e. The van der Waals surface area contributed by atoms with Gasteiger partial charge in [0.15, 0.2) is 0 Å². The van der Waals surface area contributed by atoms with Gasteiger partial charge in [0.1, 0.15) is 11.8 Å². The number of fused-ring (bicyclic) bond motifs is 1. The van der Waals surface area contributed by atoms with Crippen LogP contribution in [-0.4, -0.2) is 13.7 Å². The highest BCUT2D eigenvalue weighted by atomic mass is 16.5. The van der Waals surface area contributed by atoms with Crippen LogP contribution in [0.3, 0.4) is 0 Å². The average Bonchev–Trinajstić information content (AvgIpc) is 2.73. The van der Waals surface area contributed by atoms with Gasteiger partial charge in [-0.25, -0.2) is 0 Å². The molecule has 0 aliphatic carbocycles. The first-order valence-electron chi connectivity index (χ1n) is 8.90. The van der Waals surface area contributed by atoms with Crippen LogP contribution in [0, 0.1) is 11.8 Å². The quantitative estimate of drug-likeness (QED) is 0.619. The van der Waals surface area contributed by atoms with Crippen molar-refractivity contribution in [3.05, 3.63) is 95.6 Å². The summed E-state index contributed by atoms with van der Waals surface area (Å²) in [5.74, 6) is 7.73. The van der Waals surface area contributed by atoms with Crippen molar-refractivity contribution in [2.24, 2.45) is 0 Å². The number of anilines is 1. The van der Waals surface area contributed by atoms with Crippen LogP contribution < -0.4 is 9.64 Å². The van der Waals surface area contributed by atoms with E-state index in [2.05, 4.69) is 71.3 Å². The number of hydrogen-bond donors (Lipinski definition) is 0. The van der Waals surface area contributed by atoms with Crippen LogP contribution in [0.25, 0.3) is 0 Å². The van der Waals surface area contributed by atoms with Crippen molar-refractivity contribution in [2.75, 3.05) is 18.6 Å². The number of rotatable bonds is 2. The topological polar surface area (TPSA) is 12.5 Å². The molecule has 0 amide bonds. The molecule has 0 aromatic heterocycles. The maximum atomic E-state index is 5.23. The lowest BCUT2D eigenvalue weighted by Gasteiger charge is -2.36. The predicted molar refractivity (Wildman–Crippen MR) is 107 cm³/mol. The van der Waals surface area contributed by atoms with E-state index in [4.69, 9.17) is 4.74 Å². The van der Waals surface area contributed by atoms with E-state index in [-0.39, 0.29) is 6.04 Å². The third-order valence-electron chi connectivity index (χ3n) is 4.81. The van der Waals surface area contributed by atoms with Gasteiger partial charge in [0, 0.05) is 17.8 Å². The van der Waals surface area contributed by atoms with Crippen LogP contribution in [0.15, 0.2) is 78.9 Å². The molecule has 1 aliphatic rings. The summed E-state index contributed by atoms with van der Waals surface area (Å²) in [6, 6.07) is 27.2. The number of para-hydroxylation sites is 1. The first-order chi connectivity index (χ1) is 12.8. The Morgan fingerprint density at radius 2 is 1.62 bits per heavy atom. The van der Waals surface area contributed by atoms with Crippen molar-refractivity contribution < 1.29 is 4.74 Å². The van der Waals surface area contributed by atoms with E-state index in [1.807, 2.05) is 24.3 Å². The molecular weight excluding hydrogens is 318 g/mol. The van der Waals surface area contributed by atoms with Crippen molar-refractivity contribution in [3.8, 4) is 17.6 Å². The highest BCUT2D eigenvalue weighted by Crippen LogP contribution is 2.33. The van der Waals surface area contributed by atoms with Crippen molar-refractivity contribution in [3.63, 3.8) is 0 Å². The Hall–Kier alpha value is -3.18. The molecule has 128 valence electrons. The fourth-order valence-corrected chi connectivity index (χ4v) is 3.45. The Morgan fingerprint density at radius 3 is 2.38 bits per heavy atom. The molecule has 26 heavy (non-hydrogen) atoms. The molecule has 1 heterocycles. The van der Waals surface area contributed by atoms with Gasteiger partial charge in [0.25, 0.3) is 0 Å². The molecule has 0 N–H and O–H groups in total. The zero-order valence-electron chi connectivity index (χ0n) is 14.9. The van der Waals surface area contributed by atoms with Crippen molar-refractivity contribution in [1.29, 1.82) is 0 Å². The minimum absolute atomic E-state index is 0.0597. The van der Waals surface area contributed by atoms with Gasteiger partial charge in [0.2, 0.25) is 0 Å². The standard InChI is InChI=1S/C24H21NO/c1-26-22-14-11-19(12-15-22)13-16-24-23-10-6-5-7-20(23)17-18-25(24)21-8-3-2-4-9-21/h2-12,14-15,24H,17-18H2,1H3/t24-/m0/s1. The third-order valence-corrected chi connectivity index (χ3v) is 4.81. The lowest BCUT2D eigenvalue weighted by Crippen LogP contribution is -2.34. The van der Waals surface area contributed by atoms with E-state index in [1.165, 1.54) is 16.8 Å². The minimum Gasteiger partial charge on any atom is -0.497 e. The van der Waals surface area contributed by atoms with E-state index < -0.39 is 0 Å². The number of nitrogens with zero attached hydrogens (tertiary/aromatic N) is 1. The molecule has 0 unspecified atom stereocenters. The molecule has 1 aliphatic heterocycles. The maximum absolute atomic E-state index is 5.23. The Kier molecular flexibility index (Phi) is 4.62. The highest BCUT2D eigenvalue weighted by Gasteiger charge is 2.25. The first-order valence-corrected chi connectivity index (χ1v) is 8.90. The first kappa shape index (κ1) is 16.3. The molecule has 3 aromatic carbocycles. The molecule has 1 atom stereocenters. The zero-order chi connectivity index (χ0) is 17.8. The summed E-state index contributed by atoms with van der Waals surface area (Å²) in [6.07, 6.45) is 1.05. The average molecular weight is 339 g/mol. The Labute approximate surface area is 155 Å². The largest absolute Gasteiger partial charge is 0.497 e. The fourth-order valence-electron chi connectivity index (χ4n) is 3.45. The molecule has 3 aromatic rings. The molecule has 0 saturated heterocycles. The van der Waals surface area contributed by atoms with Gasteiger partial charge in [-0.2, -0.15) is 0 Å². The second kappa shape index (κ2) is 7.37. The van der Waals surface area contributed by atoms with E-state index >= 15 is 0 Å². The van der Waals surface area contributed by atoms with Gasteiger partial charge in [-0.05, 0) is 53.9 Å². The normalized spacial score (nSPS) is 15.6. The predicted octanol–water partition coefficient (Wildman–Crippen LogP) is 4.85. The van der Waals surface area contributed by atoms with Crippen LogP contribution in [0.5, 0.6) is 5.75 Å². The Balaban J connectivity index is 1.72. The molecule has 2 nitrogen and oxygen atoms in total. The molecule has 0 saturated carbocycles. The van der Waals surface area contributed by atoms with Crippen molar-refractivity contribution in [1.82, 2.24) is 0 Å². The van der Waals surface area contributed by atoms with Crippen LogP contribution in [0.1, 0.15) is 22.7 Å². The molecule has 4 rings (SSSR count). The second-order valence-corrected chi connectivity index (χ2v) is 6.38. The number of methoxy groups -OCH3 is 1. The van der Waals surface area contributed by atoms with Crippen molar-refractivity contribution >= 4 is 5.69 Å². The summed E-state index contributed by atoms with van der Waals surface area (Å²) in [5.41, 5.74) is 4.93. The zero-order valence-corrected chi connectivity index (χ0v) is 14.9. The molecule has 0 bridgehead atoms. The van der Waals surface area contributed by atoms with E-state index in [1.54, 1.807) is 7.11 Å². The summed E-state index contributed by atoms with van der Waals surface area (Å²) in [7, 11) is 1.68. The van der Waals surface area contributed by atoms with Gasteiger partial charge in [-0.3, -0.25) is 0 Å². The smallest absolute Gasteiger partial charge is 0.118 e. The molecule has 0 fully saturated rings. The lowest BCUT2D eigenvalue weighted by atomic mass is 9.92. The monoisotopic (exact) mass is 339 g/mol. The molecule has 0 radical (unpaired) electrons. The molecule has 0 spiro atoms. The molecular formula is C24H21NO. The fraction of sp³-hybridized carbons (Fsp3) is 0.167. The Bertz CT molecular complexity index is 935. The molecule has 2 heteroatoms. The lowest BCUT2D eigenvalue weighted by molar-refractivity contribution is 0.415. The van der Waals surface area contributed by atoms with E-state index in [0.29, 0.717) is 0 Å². The third kappa shape index (κ3) is 3.30.